The van der Waals surface area contributed by atoms with Crippen molar-refractivity contribution in [3.8, 4) is 0 Å². The number of aliphatic hydroxyl groups excluding tert-OH is 5. The summed E-state index contributed by atoms with van der Waals surface area (Å²) < 4.78 is 11.3. The Labute approximate surface area is 543 Å². The highest BCUT2D eigenvalue weighted by molar-refractivity contribution is 5.76. The van der Waals surface area contributed by atoms with Gasteiger partial charge in [0.15, 0.2) is 6.29 Å². The molecule has 1 saturated heterocycles. The van der Waals surface area contributed by atoms with Gasteiger partial charge in [-0.1, -0.05) is 349 Å². The molecule has 1 fully saturated rings. The Bertz CT molecular complexity index is 1670. The summed E-state index contributed by atoms with van der Waals surface area (Å²) in [4.78, 5) is 13.1. The number of amides is 1. The van der Waals surface area contributed by atoms with Crippen molar-refractivity contribution in [1.29, 1.82) is 0 Å². The summed E-state index contributed by atoms with van der Waals surface area (Å²) in [7, 11) is 0. The first-order valence-corrected chi connectivity index (χ1v) is 37.8. The highest BCUT2D eigenvalue weighted by Crippen LogP contribution is 2.23. The SMILES string of the molecule is CC/C=C\C/C=C\C/C=C\C/C=C\CCCCCCCCCCCCCCCCCCCCCCCCCCCCCCC(=O)NC(COC1OC(CO)C(O)C(O)C1O)C(O)/C=C/CC/C=C/CC/C=C/CCCCCCCCCCCCCCCC. The van der Waals surface area contributed by atoms with Crippen LogP contribution < -0.4 is 5.32 Å². The van der Waals surface area contributed by atoms with Gasteiger partial charge in [-0.05, 0) is 83.5 Å². The fraction of sp³-hybridized carbons (Fsp3) is 0.810. The van der Waals surface area contributed by atoms with E-state index in [-0.39, 0.29) is 12.5 Å². The zero-order valence-electron chi connectivity index (χ0n) is 57.5. The summed E-state index contributed by atoms with van der Waals surface area (Å²) in [6.07, 6.45) is 90.1. The van der Waals surface area contributed by atoms with Gasteiger partial charge in [-0.25, -0.2) is 0 Å². The van der Waals surface area contributed by atoms with Gasteiger partial charge in [-0.15, -0.1) is 0 Å². The molecule has 0 spiro atoms. The lowest BCUT2D eigenvalue weighted by molar-refractivity contribution is -0.302. The maximum atomic E-state index is 13.1. The molecule has 1 heterocycles. The molecule has 0 aromatic rings. The van der Waals surface area contributed by atoms with Crippen LogP contribution in [0.15, 0.2) is 85.1 Å². The van der Waals surface area contributed by atoms with Gasteiger partial charge >= 0.3 is 0 Å². The van der Waals surface area contributed by atoms with E-state index in [0.29, 0.717) is 6.42 Å². The van der Waals surface area contributed by atoms with E-state index in [1.807, 2.05) is 6.08 Å². The number of rotatable bonds is 66. The van der Waals surface area contributed by atoms with Crippen LogP contribution in [0.2, 0.25) is 0 Å². The van der Waals surface area contributed by atoms with Crippen molar-refractivity contribution in [2.75, 3.05) is 13.2 Å². The normalized spacial score (nSPS) is 18.4. The molecule has 7 unspecified atom stereocenters. The maximum absolute atomic E-state index is 13.1. The molecule has 1 aliphatic rings. The molecule has 0 radical (unpaired) electrons. The quantitative estimate of drug-likeness (QED) is 0.0261. The van der Waals surface area contributed by atoms with Crippen molar-refractivity contribution < 1.29 is 39.8 Å². The van der Waals surface area contributed by atoms with Gasteiger partial charge < -0.3 is 40.3 Å². The summed E-state index contributed by atoms with van der Waals surface area (Å²) in [5.41, 5.74) is 0. The van der Waals surface area contributed by atoms with E-state index in [1.165, 1.54) is 263 Å². The Balaban J connectivity index is 2.07. The lowest BCUT2D eigenvalue weighted by Crippen LogP contribution is -2.60. The lowest BCUT2D eigenvalue weighted by Gasteiger charge is -2.40. The summed E-state index contributed by atoms with van der Waals surface area (Å²) in [6.45, 7) is 3.68. The monoisotopic (exact) mass is 1230 g/mol. The van der Waals surface area contributed by atoms with Gasteiger partial charge in [0.25, 0.3) is 0 Å². The molecule has 1 aliphatic heterocycles. The number of carbonyl (C=O) groups is 1. The molecular formula is C79H143NO8. The molecule has 9 heteroatoms. The van der Waals surface area contributed by atoms with Crippen molar-refractivity contribution in [1.82, 2.24) is 5.32 Å². The largest absolute Gasteiger partial charge is 0.394 e. The van der Waals surface area contributed by atoms with E-state index >= 15 is 0 Å². The molecule has 0 aromatic heterocycles. The summed E-state index contributed by atoms with van der Waals surface area (Å²) in [5, 5.41) is 54.8. The third-order valence-electron chi connectivity index (χ3n) is 17.7. The Morgan fingerprint density at radius 2 is 0.716 bits per heavy atom. The maximum Gasteiger partial charge on any atom is 0.220 e. The van der Waals surface area contributed by atoms with Crippen LogP contribution in [0, 0.1) is 0 Å². The zero-order valence-corrected chi connectivity index (χ0v) is 57.5. The highest BCUT2D eigenvalue weighted by atomic mass is 16.7. The van der Waals surface area contributed by atoms with E-state index in [1.54, 1.807) is 6.08 Å². The molecule has 1 rings (SSSR count). The van der Waals surface area contributed by atoms with Crippen LogP contribution in [-0.4, -0.2) is 87.5 Å². The Hall–Kier alpha value is -2.63. The zero-order chi connectivity index (χ0) is 63.5. The van der Waals surface area contributed by atoms with Gasteiger partial charge in [-0.3, -0.25) is 4.79 Å². The van der Waals surface area contributed by atoms with Gasteiger partial charge in [0.1, 0.15) is 24.4 Å². The van der Waals surface area contributed by atoms with Crippen molar-refractivity contribution in [3.63, 3.8) is 0 Å². The summed E-state index contributed by atoms with van der Waals surface area (Å²) in [5.74, 6) is -0.185. The van der Waals surface area contributed by atoms with Gasteiger partial charge in [0.2, 0.25) is 5.91 Å². The number of hydrogen-bond acceptors (Lipinski definition) is 8. The number of ether oxygens (including phenoxy) is 2. The van der Waals surface area contributed by atoms with Crippen molar-refractivity contribution >= 4 is 5.91 Å². The lowest BCUT2D eigenvalue weighted by atomic mass is 9.99. The number of nitrogens with one attached hydrogen (secondary N) is 1. The Kier molecular flexibility index (Phi) is 63.7. The molecule has 0 aliphatic carbocycles. The van der Waals surface area contributed by atoms with E-state index in [4.69, 9.17) is 9.47 Å². The minimum Gasteiger partial charge on any atom is -0.394 e. The molecular weight excluding hydrogens is 1090 g/mol. The minimum atomic E-state index is -1.58. The molecule has 7 atom stereocenters. The predicted octanol–water partition coefficient (Wildman–Crippen LogP) is 21.3. The average molecular weight is 1240 g/mol. The van der Waals surface area contributed by atoms with Gasteiger partial charge in [-0.2, -0.15) is 0 Å². The van der Waals surface area contributed by atoms with E-state index < -0.39 is 49.5 Å². The Morgan fingerprint density at radius 3 is 1.09 bits per heavy atom. The topological polar surface area (TPSA) is 149 Å². The number of allylic oxidation sites excluding steroid dienone is 13. The molecule has 1 amide bonds. The molecule has 6 N–H and O–H groups in total. The van der Waals surface area contributed by atoms with Crippen LogP contribution in [0.4, 0.5) is 0 Å². The van der Waals surface area contributed by atoms with Crippen LogP contribution in [0.5, 0.6) is 0 Å². The van der Waals surface area contributed by atoms with E-state index in [0.717, 1.165) is 70.6 Å². The predicted molar refractivity (Wildman–Crippen MR) is 378 cm³/mol. The van der Waals surface area contributed by atoms with E-state index in [2.05, 4.69) is 92.1 Å². The van der Waals surface area contributed by atoms with Gasteiger partial charge in [0.05, 0.1) is 25.4 Å². The van der Waals surface area contributed by atoms with Crippen LogP contribution in [0.3, 0.4) is 0 Å². The molecule has 9 nitrogen and oxygen atoms in total. The average Bonchev–Trinajstić information content (AvgIpc) is 3.31. The smallest absolute Gasteiger partial charge is 0.220 e. The van der Waals surface area contributed by atoms with Crippen molar-refractivity contribution in [3.05, 3.63) is 85.1 Å². The molecule has 0 aromatic carbocycles. The van der Waals surface area contributed by atoms with Crippen LogP contribution in [0.1, 0.15) is 354 Å². The summed E-state index contributed by atoms with van der Waals surface area (Å²) >= 11 is 0. The third-order valence-corrected chi connectivity index (χ3v) is 17.7. The first-order chi connectivity index (χ1) is 43.3. The number of aliphatic hydroxyl groups is 5. The minimum absolute atomic E-state index is 0.185. The van der Waals surface area contributed by atoms with Crippen molar-refractivity contribution in [2.24, 2.45) is 0 Å². The highest BCUT2D eigenvalue weighted by Gasteiger charge is 2.44. The molecule has 88 heavy (non-hydrogen) atoms. The van der Waals surface area contributed by atoms with Gasteiger partial charge in [0, 0.05) is 6.42 Å². The summed E-state index contributed by atoms with van der Waals surface area (Å²) in [6, 6.07) is -0.831. The first-order valence-electron chi connectivity index (χ1n) is 37.8. The second kappa shape index (κ2) is 67.3. The fourth-order valence-electron chi connectivity index (χ4n) is 11.8. The van der Waals surface area contributed by atoms with Crippen molar-refractivity contribution in [2.45, 2.75) is 397 Å². The molecule has 512 valence electrons. The number of hydrogen-bond donors (Lipinski definition) is 6. The first kappa shape index (κ1) is 83.4. The second-order valence-electron chi connectivity index (χ2n) is 26.0. The van der Waals surface area contributed by atoms with Crippen LogP contribution >= 0.6 is 0 Å². The van der Waals surface area contributed by atoms with Crippen LogP contribution in [0.25, 0.3) is 0 Å². The second-order valence-corrected chi connectivity index (χ2v) is 26.0. The third kappa shape index (κ3) is 55.0. The molecule has 0 bridgehead atoms. The fourth-order valence-corrected chi connectivity index (χ4v) is 11.8. The number of unbranched alkanes of at least 4 members (excludes halogenated alkanes) is 44. The van der Waals surface area contributed by atoms with Crippen LogP contribution in [-0.2, 0) is 14.3 Å². The molecule has 0 saturated carbocycles. The number of carbonyl (C=O) groups excluding carboxylic acids is 1. The standard InChI is InChI=1S/C79H143NO8/c1-3-5-7-9-11-13-15-17-19-21-23-25-27-29-30-31-32-33-34-35-36-37-38-39-40-41-42-43-44-45-47-49-51-53-55-57-59-61-63-65-67-69-75(83)80-72(71-87-79-78(86)77(85)76(84)74(70-81)88-79)73(82)68-66-64-62-60-58-56-54-52-50-48-46-28-26-24-22-20-18-16-14-12-10-8-6-4-2/h5,7,11,13,17,19,23,25,50,52,58,60,66,68,72-74,76-79,81-82,84-86H,3-4,6,8-10,12,14-16,18,20-22,24,26-49,51,53-57,59,61-65,67,69-71H2,1-2H3,(H,80,83)/b7-5-,13-11-,19-17-,25-23-,52-50+,60-58+,68-66+. The Morgan fingerprint density at radius 1 is 0.398 bits per heavy atom. The van der Waals surface area contributed by atoms with E-state index in [9.17, 15) is 30.3 Å².